The maximum Gasteiger partial charge on any atom is 0.145 e. The van der Waals surface area contributed by atoms with E-state index in [1.807, 2.05) is 18.2 Å². The highest BCUT2D eigenvalue weighted by Gasteiger charge is 2.05. The molecule has 16 heavy (non-hydrogen) atoms. The largest absolute Gasteiger partial charge is 0.497 e. The van der Waals surface area contributed by atoms with Crippen LogP contribution in [0.2, 0.25) is 0 Å². The number of anilines is 1. The van der Waals surface area contributed by atoms with Gasteiger partial charge in [0.2, 0.25) is 0 Å². The predicted molar refractivity (Wildman–Crippen MR) is 66.3 cm³/mol. The molecule has 0 radical (unpaired) electrons. The summed E-state index contributed by atoms with van der Waals surface area (Å²) in [5.41, 5.74) is 6.78. The zero-order chi connectivity index (χ0) is 12.0. The van der Waals surface area contributed by atoms with Crippen molar-refractivity contribution >= 4 is 5.69 Å². The average molecular weight is 224 g/mol. The fourth-order valence-corrected chi connectivity index (χ4v) is 1.33. The number of nitrogens with one attached hydrogen (secondary N) is 1. The van der Waals surface area contributed by atoms with Crippen molar-refractivity contribution in [3.63, 3.8) is 0 Å². The third-order valence-corrected chi connectivity index (χ3v) is 2.49. The van der Waals surface area contributed by atoms with E-state index in [0.29, 0.717) is 0 Å². The van der Waals surface area contributed by atoms with Crippen LogP contribution in [0, 0.1) is 0 Å². The van der Waals surface area contributed by atoms with Gasteiger partial charge in [0.25, 0.3) is 0 Å². The first-order valence-electron chi connectivity index (χ1n) is 5.42. The Bertz CT molecular complexity index is 329. The molecule has 90 valence electrons. The Kier molecular flexibility index (Phi) is 4.92. The Hall–Kier alpha value is -1.42. The summed E-state index contributed by atoms with van der Waals surface area (Å²) in [5.74, 6) is 1.55. The molecule has 3 N–H and O–H groups in total. The Labute approximate surface area is 96.7 Å². The number of ether oxygens (including phenoxy) is 2. The summed E-state index contributed by atoms with van der Waals surface area (Å²) < 4.78 is 10.4. The maximum atomic E-state index is 5.84. The fourth-order valence-electron chi connectivity index (χ4n) is 1.33. The van der Waals surface area contributed by atoms with Crippen LogP contribution in [0.5, 0.6) is 11.5 Å². The van der Waals surface area contributed by atoms with Crippen molar-refractivity contribution in [1.29, 1.82) is 0 Å². The lowest BCUT2D eigenvalue weighted by Crippen LogP contribution is -2.28. The molecule has 0 aliphatic carbocycles. The second-order valence-electron chi connectivity index (χ2n) is 3.62. The van der Waals surface area contributed by atoms with Crippen LogP contribution in [-0.4, -0.2) is 26.8 Å². The molecule has 0 heterocycles. The standard InChI is InChI=1S/C12H20N2O2/c1-4-9(13)8-14-11-6-5-10(15-2)7-12(11)16-3/h5-7,9,14H,4,8,13H2,1-3H3. The monoisotopic (exact) mass is 224 g/mol. The van der Waals surface area contributed by atoms with Gasteiger partial charge in [-0.2, -0.15) is 0 Å². The third kappa shape index (κ3) is 3.31. The summed E-state index contributed by atoms with van der Waals surface area (Å²) in [6.07, 6.45) is 0.950. The highest BCUT2D eigenvalue weighted by atomic mass is 16.5. The van der Waals surface area contributed by atoms with E-state index >= 15 is 0 Å². The van der Waals surface area contributed by atoms with Crippen molar-refractivity contribution in [2.45, 2.75) is 19.4 Å². The quantitative estimate of drug-likeness (QED) is 0.774. The molecule has 4 heteroatoms. The van der Waals surface area contributed by atoms with E-state index in [-0.39, 0.29) is 6.04 Å². The maximum absolute atomic E-state index is 5.84. The molecule has 0 amide bonds. The van der Waals surface area contributed by atoms with Gasteiger partial charge >= 0.3 is 0 Å². The summed E-state index contributed by atoms with van der Waals surface area (Å²) >= 11 is 0. The fraction of sp³-hybridized carbons (Fsp3) is 0.500. The van der Waals surface area contributed by atoms with Crippen LogP contribution in [0.15, 0.2) is 18.2 Å². The van der Waals surface area contributed by atoms with Gasteiger partial charge in [0.15, 0.2) is 0 Å². The Morgan fingerprint density at radius 2 is 2.06 bits per heavy atom. The molecule has 0 bridgehead atoms. The number of hydrogen-bond acceptors (Lipinski definition) is 4. The van der Waals surface area contributed by atoms with Crippen molar-refractivity contribution < 1.29 is 9.47 Å². The summed E-state index contributed by atoms with van der Waals surface area (Å²) in [6.45, 7) is 2.80. The first-order valence-corrected chi connectivity index (χ1v) is 5.42. The first kappa shape index (κ1) is 12.6. The summed E-state index contributed by atoms with van der Waals surface area (Å²) in [4.78, 5) is 0. The van der Waals surface area contributed by atoms with Crippen molar-refractivity contribution in [3.8, 4) is 11.5 Å². The van der Waals surface area contributed by atoms with Gasteiger partial charge in [0, 0.05) is 18.7 Å². The van der Waals surface area contributed by atoms with E-state index in [2.05, 4.69) is 12.2 Å². The number of benzene rings is 1. The van der Waals surface area contributed by atoms with Crippen LogP contribution in [0.25, 0.3) is 0 Å². The SMILES string of the molecule is CCC(N)CNc1ccc(OC)cc1OC. The van der Waals surface area contributed by atoms with Gasteiger partial charge < -0.3 is 20.5 Å². The van der Waals surface area contributed by atoms with Crippen LogP contribution in [0.1, 0.15) is 13.3 Å². The second-order valence-corrected chi connectivity index (χ2v) is 3.62. The molecule has 0 aliphatic heterocycles. The molecule has 0 spiro atoms. The third-order valence-electron chi connectivity index (χ3n) is 2.49. The molecule has 0 aliphatic rings. The molecule has 1 aromatic carbocycles. The van der Waals surface area contributed by atoms with E-state index in [0.717, 1.165) is 30.2 Å². The molecule has 0 saturated heterocycles. The molecule has 0 fully saturated rings. The summed E-state index contributed by atoms with van der Waals surface area (Å²) in [6, 6.07) is 5.83. The number of methoxy groups -OCH3 is 2. The smallest absolute Gasteiger partial charge is 0.145 e. The molecule has 1 unspecified atom stereocenters. The van der Waals surface area contributed by atoms with Crippen LogP contribution in [0.3, 0.4) is 0 Å². The van der Waals surface area contributed by atoms with E-state index in [4.69, 9.17) is 15.2 Å². The first-order chi connectivity index (χ1) is 7.71. The van der Waals surface area contributed by atoms with Gasteiger partial charge in [0.05, 0.1) is 19.9 Å². The second kappa shape index (κ2) is 6.23. The van der Waals surface area contributed by atoms with E-state index in [1.54, 1.807) is 14.2 Å². The minimum absolute atomic E-state index is 0.159. The Morgan fingerprint density at radius 3 is 2.62 bits per heavy atom. The van der Waals surface area contributed by atoms with E-state index in [1.165, 1.54) is 0 Å². The topological polar surface area (TPSA) is 56.5 Å². The van der Waals surface area contributed by atoms with Gasteiger partial charge in [0.1, 0.15) is 11.5 Å². The lowest BCUT2D eigenvalue weighted by Gasteiger charge is -2.15. The minimum atomic E-state index is 0.159. The van der Waals surface area contributed by atoms with Crippen LogP contribution in [0.4, 0.5) is 5.69 Å². The highest BCUT2D eigenvalue weighted by Crippen LogP contribution is 2.28. The van der Waals surface area contributed by atoms with Gasteiger partial charge in [-0.3, -0.25) is 0 Å². The highest BCUT2D eigenvalue weighted by molar-refractivity contribution is 5.59. The van der Waals surface area contributed by atoms with Crippen molar-refractivity contribution in [2.75, 3.05) is 26.1 Å². The molecule has 0 aromatic heterocycles. The van der Waals surface area contributed by atoms with Gasteiger partial charge in [-0.1, -0.05) is 6.92 Å². The van der Waals surface area contributed by atoms with Gasteiger partial charge in [-0.15, -0.1) is 0 Å². The summed E-state index contributed by atoms with van der Waals surface area (Å²) in [7, 11) is 3.27. The molecule has 4 nitrogen and oxygen atoms in total. The van der Waals surface area contributed by atoms with E-state index in [9.17, 15) is 0 Å². The van der Waals surface area contributed by atoms with Crippen LogP contribution >= 0.6 is 0 Å². The van der Waals surface area contributed by atoms with Gasteiger partial charge in [-0.25, -0.2) is 0 Å². The molecule has 1 aromatic rings. The molecule has 1 rings (SSSR count). The molecular formula is C12H20N2O2. The zero-order valence-corrected chi connectivity index (χ0v) is 10.1. The van der Waals surface area contributed by atoms with Crippen molar-refractivity contribution in [3.05, 3.63) is 18.2 Å². The molecular weight excluding hydrogens is 204 g/mol. The Balaban J connectivity index is 2.71. The minimum Gasteiger partial charge on any atom is -0.497 e. The molecule has 0 saturated carbocycles. The molecule has 1 atom stereocenters. The normalized spacial score (nSPS) is 12.0. The van der Waals surface area contributed by atoms with Crippen molar-refractivity contribution in [2.24, 2.45) is 5.73 Å². The van der Waals surface area contributed by atoms with Gasteiger partial charge in [-0.05, 0) is 18.6 Å². The lowest BCUT2D eigenvalue weighted by atomic mass is 10.2. The van der Waals surface area contributed by atoms with Crippen LogP contribution in [-0.2, 0) is 0 Å². The zero-order valence-electron chi connectivity index (χ0n) is 10.1. The lowest BCUT2D eigenvalue weighted by molar-refractivity contribution is 0.395. The van der Waals surface area contributed by atoms with Crippen LogP contribution < -0.4 is 20.5 Å². The van der Waals surface area contributed by atoms with E-state index < -0.39 is 0 Å². The average Bonchev–Trinajstić information content (AvgIpc) is 2.35. The summed E-state index contributed by atoms with van der Waals surface area (Å²) in [5, 5.41) is 3.26. The predicted octanol–water partition coefficient (Wildman–Crippen LogP) is 1.85. The number of rotatable bonds is 6. The Morgan fingerprint density at radius 1 is 1.31 bits per heavy atom. The number of hydrogen-bond donors (Lipinski definition) is 2. The number of nitrogens with two attached hydrogens (primary N) is 1. The van der Waals surface area contributed by atoms with Crippen molar-refractivity contribution in [1.82, 2.24) is 0 Å².